The Morgan fingerprint density at radius 3 is 2.60 bits per heavy atom. The van der Waals surface area contributed by atoms with Gasteiger partial charge in [0, 0.05) is 13.1 Å². The number of hydrogen-bond acceptors (Lipinski definition) is 2. The summed E-state index contributed by atoms with van der Waals surface area (Å²) in [5.41, 5.74) is 2.11. The molecule has 3 N–H and O–H groups in total. The highest BCUT2D eigenvalue weighted by Crippen LogP contribution is 2.27. The summed E-state index contributed by atoms with van der Waals surface area (Å²) in [7, 11) is 0. The van der Waals surface area contributed by atoms with Crippen molar-refractivity contribution < 1.29 is 5.11 Å². The van der Waals surface area contributed by atoms with Crippen LogP contribution in [0.2, 0.25) is 0 Å². The van der Waals surface area contributed by atoms with Crippen LogP contribution in [-0.2, 0) is 0 Å². The van der Waals surface area contributed by atoms with E-state index in [1.807, 2.05) is 38.1 Å². The molecule has 1 saturated carbocycles. The van der Waals surface area contributed by atoms with Crippen LogP contribution in [0.1, 0.15) is 37.0 Å². The van der Waals surface area contributed by atoms with Crippen LogP contribution in [0.4, 0.5) is 0 Å². The smallest absolute Gasteiger partial charge is 0.191 e. The number of aliphatic imine (C=N–C) groups is 1. The van der Waals surface area contributed by atoms with E-state index >= 15 is 0 Å². The molecule has 0 saturated heterocycles. The highest BCUT2D eigenvalue weighted by molar-refractivity contribution is 5.79. The average Bonchev–Trinajstić information content (AvgIpc) is 3.26. The Labute approximate surface area is 121 Å². The molecular formula is C16H25N3O. The van der Waals surface area contributed by atoms with Crippen LogP contribution in [0.5, 0.6) is 0 Å². The fourth-order valence-electron chi connectivity index (χ4n) is 1.98. The minimum Gasteiger partial charge on any atom is -0.386 e. The number of aliphatic hydroxyl groups excluding tert-OH is 1. The summed E-state index contributed by atoms with van der Waals surface area (Å²) in [6, 6.07) is 7.94. The standard InChI is InChI=1S/C16H25N3O/c1-3-17-16(18-10-13-6-7-13)19-11-15(20)14-8-4-12(2)5-9-14/h4-5,8-9,13,15,20H,3,6-7,10-11H2,1-2H3,(H2,17,18,19). The minimum absolute atomic E-state index is 0.378. The molecular weight excluding hydrogens is 250 g/mol. The van der Waals surface area contributed by atoms with Gasteiger partial charge in [-0.1, -0.05) is 29.8 Å². The maximum absolute atomic E-state index is 10.2. The molecule has 0 amide bonds. The Balaban J connectivity index is 1.87. The first-order valence-corrected chi connectivity index (χ1v) is 7.46. The molecule has 1 aliphatic carbocycles. The van der Waals surface area contributed by atoms with E-state index in [9.17, 15) is 5.11 Å². The molecule has 110 valence electrons. The molecule has 1 atom stereocenters. The largest absolute Gasteiger partial charge is 0.386 e. The van der Waals surface area contributed by atoms with E-state index in [2.05, 4.69) is 15.6 Å². The van der Waals surface area contributed by atoms with E-state index in [0.29, 0.717) is 6.54 Å². The van der Waals surface area contributed by atoms with E-state index in [1.165, 1.54) is 18.4 Å². The summed E-state index contributed by atoms with van der Waals surface area (Å²) < 4.78 is 0. The van der Waals surface area contributed by atoms with Gasteiger partial charge in [-0.2, -0.15) is 0 Å². The zero-order valence-corrected chi connectivity index (χ0v) is 12.4. The van der Waals surface area contributed by atoms with Gasteiger partial charge in [-0.15, -0.1) is 0 Å². The molecule has 0 radical (unpaired) electrons. The lowest BCUT2D eigenvalue weighted by Gasteiger charge is -2.13. The molecule has 0 bridgehead atoms. The second-order valence-corrected chi connectivity index (χ2v) is 5.47. The molecule has 1 aromatic rings. The van der Waals surface area contributed by atoms with E-state index in [-0.39, 0.29) is 0 Å². The van der Waals surface area contributed by atoms with Gasteiger partial charge in [0.05, 0.1) is 12.6 Å². The zero-order valence-electron chi connectivity index (χ0n) is 12.4. The average molecular weight is 275 g/mol. The first-order chi connectivity index (χ1) is 9.69. The topological polar surface area (TPSA) is 56.7 Å². The first kappa shape index (κ1) is 14.9. The quantitative estimate of drug-likeness (QED) is 0.550. The van der Waals surface area contributed by atoms with Crippen molar-refractivity contribution in [1.29, 1.82) is 0 Å². The molecule has 1 unspecified atom stereocenters. The Bertz CT molecular complexity index is 438. The third kappa shape index (κ3) is 4.85. The number of nitrogens with one attached hydrogen (secondary N) is 2. The SMILES string of the molecule is CCNC(=NCC(O)c1ccc(C)cc1)NCC1CC1. The maximum Gasteiger partial charge on any atom is 0.191 e. The normalized spacial score (nSPS) is 16.9. The van der Waals surface area contributed by atoms with Gasteiger partial charge in [0.2, 0.25) is 0 Å². The Kier molecular flexibility index (Phi) is 5.41. The van der Waals surface area contributed by atoms with Crippen LogP contribution in [0.25, 0.3) is 0 Å². The first-order valence-electron chi connectivity index (χ1n) is 7.46. The summed E-state index contributed by atoms with van der Waals surface area (Å²) in [6.45, 7) is 6.27. The molecule has 4 heteroatoms. The van der Waals surface area contributed by atoms with Crippen LogP contribution in [0.3, 0.4) is 0 Å². The summed E-state index contributed by atoms with van der Waals surface area (Å²) in [5, 5.41) is 16.7. The summed E-state index contributed by atoms with van der Waals surface area (Å²) in [6.07, 6.45) is 2.09. The number of nitrogens with zero attached hydrogens (tertiary/aromatic N) is 1. The second-order valence-electron chi connectivity index (χ2n) is 5.47. The molecule has 1 fully saturated rings. The molecule has 1 aliphatic rings. The fraction of sp³-hybridized carbons (Fsp3) is 0.562. The van der Waals surface area contributed by atoms with Crippen molar-refractivity contribution in [2.45, 2.75) is 32.8 Å². The lowest BCUT2D eigenvalue weighted by atomic mass is 10.1. The van der Waals surface area contributed by atoms with E-state index in [1.54, 1.807) is 0 Å². The number of rotatable bonds is 6. The molecule has 0 aromatic heterocycles. The summed E-state index contributed by atoms with van der Waals surface area (Å²) in [5.74, 6) is 1.60. The van der Waals surface area contributed by atoms with Crippen LogP contribution < -0.4 is 10.6 Å². The van der Waals surface area contributed by atoms with Crippen LogP contribution >= 0.6 is 0 Å². The van der Waals surface area contributed by atoms with Crippen LogP contribution in [0, 0.1) is 12.8 Å². The second kappa shape index (κ2) is 7.29. The minimum atomic E-state index is -0.549. The predicted octanol–water partition coefficient (Wildman–Crippen LogP) is 1.99. The van der Waals surface area contributed by atoms with Crippen LogP contribution in [0.15, 0.2) is 29.3 Å². The van der Waals surface area contributed by atoms with Crippen molar-refractivity contribution in [3.05, 3.63) is 35.4 Å². The third-order valence-corrected chi connectivity index (χ3v) is 3.48. The molecule has 4 nitrogen and oxygen atoms in total. The van der Waals surface area contributed by atoms with Gasteiger partial charge in [-0.3, -0.25) is 4.99 Å². The Morgan fingerprint density at radius 1 is 1.30 bits per heavy atom. The Hall–Kier alpha value is -1.55. The van der Waals surface area contributed by atoms with Gasteiger partial charge in [0.25, 0.3) is 0 Å². The van der Waals surface area contributed by atoms with Crippen LogP contribution in [-0.4, -0.2) is 30.7 Å². The molecule has 0 heterocycles. The number of aryl methyl sites for hydroxylation is 1. The van der Waals surface area contributed by atoms with Gasteiger partial charge < -0.3 is 15.7 Å². The molecule has 0 aliphatic heterocycles. The van der Waals surface area contributed by atoms with Gasteiger partial charge >= 0.3 is 0 Å². The predicted molar refractivity (Wildman–Crippen MR) is 82.8 cm³/mol. The molecule has 0 spiro atoms. The molecule has 1 aromatic carbocycles. The Morgan fingerprint density at radius 2 is 2.00 bits per heavy atom. The fourth-order valence-corrected chi connectivity index (χ4v) is 1.98. The lowest BCUT2D eigenvalue weighted by Crippen LogP contribution is -2.38. The van der Waals surface area contributed by atoms with E-state index < -0.39 is 6.10 Å². The number of guanidine groups is 1. The number of aliphatic hydroxyl groups is 1. The van der Waals surface area contributed by atoms with E-state index in [4.69, 9.17) is 0 Å². The zero-order chi connectivity index (χ0) is 14.4. The van der Waals surface area contributed by atoms with E-state index in [0.717, 1.165) is 30.5 Å². The van der Waals surface area contributed by atoms with Gasteiger partial charge in [-0.05, 0) is 38.2 Å². The molecule has 2 rings (SSSR count). The molecule has 20 heavy (non-hydrogen) atoms. The van der Waals surface area contributed by atoms with Crippen molar-refractivity contribution in [1.82, 2.24) is 10.6 Å². The third-order valence-electron chi connectivity index (χ3n) is 3.48. The van der Waals surface area contributed by atoms with Gasteiger partial charge in [0.1, 0.15) is 0 Å². The van der Waals surface area contributed by atoms with Crippen molar-refractivity contribution >= 4 is 5.96 Å². The monoisotopic (exact) mass is 275 g/mol. The van der Waals surface area contributed by atoms with Crippen molar-refractivity contribution in [3.8, 4) is 0 Å². The van der Waals surface area contributed by atoms with Crippen molar-refractivity contribution in [2.75, 3.05) is 19.6 Å². The highest BCUT2D eigenvalue weighted by Gasteiger charge is 2.21. The summed E-state index contributed by atoms with van der Waals surface area (Å²) >= 11 is 0. The van der Waals surface area contributed by atoms with Crippen molar-refractivity contribution in [2.24, 2.45) is 10.9 Å². The number of benzene rings is 1. The lowest BCUT2D eigenvalue weighted by molar-refractivity contribution is 0.187. The highest BCUT2D eigenvalue weighted by atomic mass is 16.3. The van der Waals surface area contributed by atoms with Crippen molar-refractivity contribution in [3.63, 3.8) is 0 Å². The van der Waals surface area contributed by atoms with Gasteiger partial charge in [0.15, 0.2) is 5.96 Å². The summed E-state index contributed by atoms with van der Waals surface area (Å²) in [4.78, 5) is 4.46. The van der Waals surface area contributed by atoms with Gasteiger partial charge in [-0.25, -0.2) is 0 Å². The maximum atomic E-state index is 10.2. The number of hydrogen-bond donors (Lipinski definition) is 3.